The summed E-state index contributed by atoms with van der Waals surface area (Å²) in [5.41, 5.74) is 0.766. The van der Waals surface area contributed by atoms with Crippen molar-refractivity contribution in [3.8, 4) is 0 Å². The lowest BCUT2D eigenvalue weighted by atomic mass is 10.3. The molecule has 0 saturated heterocycles. The van der Waals surface area contributed by atoms with Crippen LogP contribution in [0.5, 0.6) is 0 Å². The number of nitrogens with one attached hydrogen (secondary N) is 1. The lowest BCUT2D eigenvalue weighted by molar-refractivity contribution is -0.111. The van der Waals surface area contributed by atoms with Crippen molar-refractivity contribution in [3.05, 3.63) is 59.0 Å². The first-order valence-corrected chi connectivity index (χ1v) is 5.83. The average molecular weight is 292 g/mol. The molecule has 0 unspecified atom stereocenters. The topological polar surface area (TPSA) is 42.2 Å². The molecule has 1 N–H and O–H groups in total. The van der Waals surface area contributed by atoms with Gasteiger partial charge in [-0.05, 0) is 46.3 Å². The monoisotopic (exact) mass is 291 g/mol. The van der Waals surface area contributed by atoms with Crippen molar-refractivity contribution < 1.29 is 9.21 Å². The summed E-state index contributed by atoms with van der Waals surface area (Å²) in [6.45, 7) is 0. The Morgan fingerprint density at radius 1 is 1.18 bits per heavy atom. The molecule has 17 heavy (non-hydrogen) atoms. The number of hydrogen-bond acceptors (Lipinski definition) is 2. The molecule has 86 valence electrons. The number of carbonyl (C=O) groups is 1. The Bertz CT molecular complexity index is 531. The maximum atomic E-state index is 11.5. The van der Waals surface area contributed by atoms with Gasteiger partial charge >= 0.3 is 0 Å². The molecule has 1 aromatic heterocycles. The zero-order valence-corrected chi connectivity index (χ0v) is 10.5. The first kappa shape index (κ1) is 11.7. The van der Waals surface area contributed by atoms with Crippen LogP contribution in [0.1, 0.15) is 5.76 Å². The molecular formula is C13H10BrNO2. The van der Waals surface area contributed by atoms with Crippen LogP contribution in [-0.4, -0.2) is 5.91 Å². The second kappa shape index (κ2) is 5.50. The van der Waals surface area contributed by atoms with Gasteiger partial charge in [-0.2, -0.15) is 0 Å². The number of rotatable bonds is 3. The van der Waals surface area contributed by atoms with Crippen molar-refractivity contribution in [1.29, 1.82) is 0 Å². The summed E-state index contributed by atoms with van der Waals surface area (Å²) in [4.78, 5) is 11.5. The maximum Gasteiger partial charge on any atom is 0.248 e. The zero-order valence-electron chi connectivity index (χ0n) is 8.89. The van der Waals surface area contributed by atoms with E-state index in [0.717, 1.165) is 5.69 Å². The third-order valence-electron chi connectivity index (χ3n) is 2.03. The van der Waals surface area contributed by atoms with Gasteiger partial charge in [-0.1, -0.05) is 18.2 Å². The molecule has 1 heterocycles. The predicted octanol–water partition coefficient (Wildman–Crippen LogP) is 3.69. The molecule has 0 radical (unpaired) electrons. The molecule has 0 saturated carbocycles. The molecule has 0 spiro atoms. The highest BCUT2D eigenvalue weighted by Crippen LogP contribution is 2.15. The SMILES string of the molecule is O=C(/C=C\c1ccc(Br)o1)Nc1ccccc1. The number of furan rings is 1. The molecule has 0 aliphatic heterocycles. The Kier molecular flexibility index (Phi) is 3.77. The van der Waals surface area contributed by atoms with E-state index in [1.807, 2.05) is 30.3 Å². The van der Waals surface area contributed by atoms with Crippen LogP contribution >= 0.6 is 15.9 Å². The van der Waals surface area contributed by atoms with Crippen LogP contribution in [0.4, 0.5) is 5.69 Å². The molecule has 4 heteroatoms. The lowest BCUT2D eigenvalue weighted by Crippen LogP contribution is -2.07. The van der Waals surface area contributed by atoms with E-state index >= 15 is 0 Å². The van der Waals surface area contributed by atoms with E-state index in [4.69, 9.17) is 4.42 Å². The number of para-hydroxylation sites is 1. The highest BCUT2D eigenvalue weighted by atomic mass is 79.9. The van der Waals surface area contributed by atoms with Gasteiger partial charge in [-0.25, -0.2) is 0 Å². The van der Waals surface area contributed by atoms with Crippen molar-refractivity contribution in [1.82, 2.24) is 0 Å². The van der Waals surface area contributed by atoms with Crippen LogP contribution in [-0.2, 0) is 4.79 Å². The van der Waals surface area contributed by atoms with Crippen molar-refractivity contribution in [2.45, 2.75) is 0 Å². The van der Waals surface area contributed by atoms with Gasteiger partial charge in [0.2, 0.25) is 5.91 Å². The molecule has 1 aromatic carbocycles. The minimum Gasteiger partial charge on any atom is -0.450 e. The highest BCUT2D eigenvalue weighted by molar-refractivity contribution is 9.10. The second-order valence-corrected chi connectivity index (χ2v) is 4.11. The quantitative estimate of drug-likeness (QED) is 0.877. The largest absolute Gasteiger partial charge is 0.450 e. The molecule has 0 aliphatic carbocycles. The molecular weight excluding hydrogens is 282 g/mol. The molecule has 2 rings (SSSR count). The molecule has 0 fully saturated rings. The van der Waals surface area contributed by atoms with Crippen LogP contribution < -0.4 is 5.32 Å². The number of benzene rings is 1. The molecule has 1 amide bonds. The third kappa shape index (κ3) is 3.60. The van der Waals surface area contributed by atoms with E-state index < -0.39 is 0 Å². The molecule has 2 aromatic rings. The highest BCUT2D eigenvalue weighted by Gasteiger charge is 1.98. The zero-order chi connectivity index (χ0) is 12.1. The van der Waals surface area contributed by atoms with Gasteiger partial charge in [-0.15, -0.1) is 0 Å². The second-order valence-electron chi connectivity index (χ2n) is 3.33. The van der Waals surface area contributed by atoms with Gasteiger partial charge in [0.05, 0.1) is 0 Å². The Morgan fingerprint density at radius 3 is 2.59 bits per heavy atom. The van der Waals surface area contributed by atoms with Crippen LogP contribution in [0.3, 0.4) is 0 Å². The van der Waals surface area contributed by atoms with Crippen molar-refractivity contribution in [3.63, 3.8) is 0 Å². The smallest absolute Gasteiger partial charge is 0.248 e. The Hall–Kier alpha value is -1.81. The Morgan fingerprint density at radius 2 is 1.94 bits per heavy atom. The number of anilines is 1. The fourth-order valence-electron chi connectivity index (χ4n) is 1.28. The standard InChI is InChI=1S/C13H10BrNO2/c14-12-8-6-11(17-12)7-9-13(16)15-10-4-2-1-3-5-10/h1-9H,(H,15,16)/b9-7-. The summed E-state index contributed by atoms with van der Waals surface area (Å²) in [6.07, 6.45) is 3.04. The van der Waals surface area contributed by atoms with E-state index in [1.165, 1.54) is 6.08 Å². The van der Waals surface area contributed by atoms with Gasteiger partial charge in [0, 0.05) is 11.8 Å². The maximum absolute atomic E-state index is 11.5. The number of carbonyl (C=O) groups excluding carboxylic acids is 1. The summed E-state index contributed by atoms with van der Waals surface area (Å²) < 4.78 is 5.87. The fraction of sp³-hybridized carbons (Fsp3) is 0. The number of amides is 1. The van der Waals surface area contributed by atoms with Crippen molar-refractivity contribution in [2.75, 3.05) is 5.32 Å². The van der Waals surface area contributed by atoms with Crippen LogP contribution in [0.25, 0.3) is 6.08 Å². The van der Waals surface area contributed by atoms with Crippen LogP contribution in [0.2, 0.25) is 0 Å². The van der Waals surface area contributed by atoms with E-state index in [1.54, 1.807) is 18.2 Å². The molecule has 3 nitrogen and oxygen atoms in total. The Balaban J connectivity index is 1.96. The van der Waals surface area contributed by atoms with E-state index in [2.05, 4.69) is 21.2 Å². The molecule has 0 atom stereocenters. The average Bonchev–Trinajstić information content (AvgIpc) is 2.74. The van der Waals surface area contributed by atoms with Gasteiger partial charge in [0.25, 0.3) is 0 Å². The summed E-state index contributed by atoms with van der Waals surface area (Å²) >= 11 is 3.19. The first-order valence-electron chi connectivity index (χ1n) is 5.03. The fourth-order valence-corrected chi connectivity index (χ4v) is 1.60. The minimum absolute atomic E-state index is 0.191. The lowest BCUT2D eigenvalue weighted by Gasteiger charge is -1.99. The normalized spacial score (nSPS) is 10.6. The van der Waals surface area contributed by atoms with Crippen LogP contribution in [0, 0.1) is 0 Å². The van der Waals surface area contributed by atoms with Gasteiger partial charge in [0.1, 0.15) is 5.76 Å². The summed E-state index contributed by atoms with van der Waals surface area (Å²) in [5.74, 6) is 0.434. The van der Waals surface area contributed by atoms with Gasteiger partial charge in [0.15, 0.2) is 4.67 Å². The molecule has 0 aliphatic rings. The summed E-state index contributed by atoms with van der Waals surface area (Å²) in [6, 6.07) is 12.8. The van der Waals surface area contributed by atoms with Crippen LogP contribution in [0.15, 0.2) is 57.6 Å². The van der Waals surface area contributed by atoms with E-state index in [9.17, 15) is 4.79 Å². The summed E-state index contributed by atoms with van der Waals surface area (Å²) in [5, 5.41) is 2.74. The Labute approximate surface area is 107 Å². The number of hydrogen-bond donors (Lipinski definition) is 1. The van der Waals surface area contributed by atoms with E-state index in [0.29, 0.717) is 10.4 Å². The van der Waals surface area contributed by atoms with Crippen molar-refractivity contribution >= 4 is 33.6 Å². The summed E-state index contributed by atoms with van der Waals surface area (Å²) in [7, 11) is 0. The number of halogens is 1. The van der Waals surface area contributed by atoms with E-state index in [-0.39, 0.29) is 5.91 Å². The molecule has 0 bridgehead atoms. The van der Waals surface area contributed by atoms with Gasteiger partial charge in [-0.3, -0.25) is 4.79 Å². The van der Waals surface area contributed by atoms with Gasteiger partial charge < -0.3 is 9.73 Å². The predicted molar refractivity (Wildman–Crippen MR) is 70.5 cm³/mol. The first-order chi connectivity index (χ1) is 8.24. The third-order valence-corrected chi connectivity index (χ3v) is 2.46. The van der Waals surface area contributed by atoms with Crippen molar-refractivity contribution in [2.24, 2.45) is 0 Å². The minimum atomic E-state index is -0.191.